The maximum Gasteiger partial charge on any atom is 0.258 e. The van der Waals surface area contributed by atoms with Gasteiger partial charge >= 0.3 is 0 Å². The Morgan fingerprint density at radius 1 is 1.15 bits per heavy atom. The summed E-state index contributed by atoms with van der Waals surface area (Å²) in [6, 6.07) is 12.2. The zero-order chi connectivity index (χ0) is 14.1. The number of nitrogens with zero attached hydrogens (tertiary/aromatic N) is 2. The van der Waals surface area contributed by atoms with Crippen molar-refractivity contribution in [3.05, 3.63) is 53.1 Å². The largest absolute Gasteiger partial charge is 0.508 e. The quantitative estimate of drug-likeness (QED) is 0.771. The Bertz CT molecular complexity index is 768. The van der Waals surface area contributed by atoms with Crippen molar-refractivity contribution < 1.29 is 9.63 Å². The Labute approximate surface area is 120 Å². The highest BCUT2D eigenvalue weighted by Crippen LogP contribution is 2.27. The number of benzene rings is 2. The summed E-state index contributed by atoms with van der Waals surface area (Å²) in [6.07, 6.45) is 0. The van der Waals surface area contributed by atoms with Gasteiger partial charge in [-0.15, -0.1) is 0 Å². The molecule has 1 aromatic heterocycles. The van der Waals surface area contributed by atoms with Gasteiger partial charge in [-0.2, -0.15) is 4.98 Å². The summed E-state index contributed by atoms with van der Waals surface area (Å²) in [5, 5.41) is 14.1. The third-order valence-corrected chi connectivity index (χ3v) is 3.18. The summed E-state index contributed by atoms with van der Waals surface area (Å²) >= 11 is 5.93. The van der Waals surface area contributed by atoms with Gasteiger partial charge in [0, 0.05) is 16.1 Å². The third-order valence-electron chi connectivity index (χ3n) is 2.95. The van der Waals surface area contributed by atoms with Gasteiger partial charge in [0.05, 0.1) is 0 Å². The Morgan fingerprint density at radius 2 is 2.00 bits per heavy atom. The fourth-order valence-corrected chi connectivity index (χ4v) is 2.19. The van der Waals surface area contributed by atoms with Crippen LogP contribution in [0.3, 0.4) is 0 Å². The normalized spacial score (nSPS) is 10.7. The number of phenolic OH excluding ortho intramolecular Hbond substituents is 1. The summed E-state index contributed by atoms with van der Waals surface area (Å²) in [5.74, 6) is 1.03. The Morgan fingerprint density at radius 3 is 2.75 bits per heavy atom. The molecular weight excluding hydrogens is 276 g/mol. The van der Waals surface area contributed by atoms with Crippen LogP contribution in [0.25, 0.3) is 22.8 Å². The number of hydrogen-bond donors (Lipinski definition) is 1. The molecule has 5 heteroatoms. The first-order valence-electron chi connectivity index (χ1n) is 6.03. The van der Waals surface area contributed by atoms with Gasteiger partial charge in [-0.3, -0.25) is 0 Å². The van der Waals surface area contributed by atoms with Gasteiger partial charge in [0.25, 0.3) is 5.89 Å². The minimum atomic E-state index is 0.163. The molecule has 3 aromatic rings. The van der Waals surface area contributed by atoms with Crippen molar-refractivity contribution in [2.24, 2.45) is 0 Å². The van der Waals surface area contributed by atoms with Crippen molar-refractivity contribution in [3.63, 3.8) is 0 Å². The molecule has 0 fully saturated rings. The molecule has 0 aliphatic rings. The van der Waals surface area contributed by atoms with Crippen LogP contribution in [0.4, 0.5) is 0 Å². The van der Waals surface area contributed by atoms with Crippen LogP contribution in [0.1, 0.15) is 5.56 Å². The van der Waals surface area contributed by atoms with E-state index < -0.39 is 0 Å². The third kappa shape index (κ3) is 2.38. The molecule has 3 rings (SSSR count). The highest BCUT2D eigenvalue weighted by Gasteiger charge is 2.13. The summed E-state index contributed by atoms with van der Waals surface area (Å²) in [7, 11) is 0. The Hall–Kier alpha value is -2.33. The predicted octanol–water partition coefficient (Wildman–Crippen LogP) is 4.07. The average Bonchev–Trinajstić information content (AvgIpc) is 2.88. The van der Waals surface area contributed by atoms with Crippen LogP contribution in [-0.4, -0.2) is 15.2 Å². The number of aryl methyl sites for hydroxylation is 1. The highest BCUT2D eigenvalue weighted by molar-refractivity contribution is 6.30. The zero-order valence-electron chi connectivity index (χ0n) is 10.7. The van der Waals surface area contributed by atoms with Crippen LogP contribution >= 0.6 is 11.6 Å². The van der Waals surface area contributed by atoms with E-state index in [-0.39, 0.29) is 5.75 Å². The van der Waals surface area contributed by atoms with E-state index in [1.54, 1.807) is 24.3 Å². The summed E-state index contributed by atoms with van der Waals surface area (Å²) < 4.78 is 5.28. The summed E-state index contributed by atoms with van der Waals surface area (Å²) in [4.78, 5) is 4.35. The zero-order valence-corrected chi connectivity index (χ0v) is 11.4. The molecule has 4 nitrogen and oxygen atoms in total. The van der Waals surface area contributed by atoms with Gasteiger partial charge in [0.2, 0.25) is 5.82 Å². The molecule has 2 aromatic carbocycles. The number of aromatic hydroxyl groups is 1. The van der Waals surface area contributed by atoms with E-state index in [2.05, 4.69) is 10.1 Å². The van der Waals surface area contributed by atoms with Crippen LogP contribution in [0.2, 0.25) is 5.02 Å². The van der Waals surface area contributed by atoms with Gasteiger partial charge in [-0.25, -0.2) is 0 Å². The summed E-state index contributed by atoms with van der Waals surface area (Å²) in [6.45, 7) is 1.93. The molecule has 0 saturated carbocycles. The number of hydrogen-bond acceptors (Lipinski definition) is 4. The number of phenols is 1. The van der Waals surface area contributed by atoms with Crippen molar-refractivity contribution in [1.29, 1.82) is 0 Å². The molecule has 0 aliphatic carbocycles. The van der Waals surface area contributed by atoms with Crippen molar-refractivity contribution in [3.8, 4) is 28.6 Å². The topological polar surface area (TPSA) is 59.2 Å². The second kappa shape index (κ2) is 4.98. The first-order chi connectivity index (χ1) is 9.63. The molecule has 0 aliphatic heterocycles. The monoisotopic (exact) mass is 286 g/mol. The molecule has 1 heterocycles. The van der Waals surface area contributed by atoms with E-state index >= 15 is 0 Å². The minimum Gasteiger partial charge on any atom is -0.508 e. The lowest BCUT2D eigenvalue weighted by atomic mass is 10.1. The average molecular weight is 287 g/mol. The van der Waals surface area contributed by atoms with Crippen LogP contribution in [0, 0.1) is 6.92 Å². The Balaban J connectivity index is 2.02. The SMILES string of the molecule is Cc1cc(Cl)ccc1-c1nc(-c2cccc(O)c2)no1. The highest BCUT2D eigenvalue weighted by atomic mass is 35.5. The molecule has 100 valence electrons. The van der Waals surface area contributed by atoms with E-state index in [1.807, 2.05) is 25.1 Å². The van der Waals surface area contributed by atoms with E-state index in [4.69, 9.17) is 16.1 Å². The standard InChI is InChI=1S/C15H11ClN2O2/c1-9-7-11(16)5-6-13(9)15-17-14(18-20-15)10-3-2-4-12(19)8-10/h2-8,19H,1H3. The molecule has 0 saturated heterocycles. The number of halogens is 1. The maximum atomic E-state index is 9.47. The van der Waals surface area contributed by atoms with Crippen LogP contribution in [0.15, 0.2) is 47.0 Å². The minimum absolute atomic E-state index is 0.163. The second-order valence-electron chi connectivity index (χ2n) is 4.43. The first-order valence-corrected chi connectivity index (χ1v) is 6.41. The fourth-order valence-electron chi connectivity index (χ4n) is 1.96. The molecule has 20 heavy (non-hydrogen) atoms. The van der Waals surface area contributed by atoms with Gasteiger partial charge in [0.15, 0.2) is 0 Å². The van der Waals surface area contributed by atoms with E-state index in [0.29, 0.717) is 22.3 Å². The Kier molecular flexibility index (Phi) is 3.16. The smallest absolute Gasteiger partial charge is 0.258 e. The molecule has 0 unspecified atom stereocenters. The van der Waals surface area contributed by atoms with E-state index in [0.717, 1.165) is 11.1 Å². The van der Waals surface area contributed by atoms with E-state index in [9.17, 15) is 5.11 Å². The fraction of sp³-hybridized carbons (Fsp3) is 0.0667. The molecular formula is C15H11ClN2O2. The predicted molar refractivity (Wildman–Crippen MR) is 76.6 cm³/mol. The lowest BCUT2D eigenvalue weighted by Crippen LogP contribution is -1.84. The van der Waals surface area contributed by atoms with Crippen molar-refractivity contribution >= 4 is 11.6 Å². The first kappa shape index (κ1) is 12.7. The van der Waals surface area contributed by atoms with Crippen molar-refractivity contribution in [2.45, 2.75) is 6.92 Å². The molecule has 0 amide bonds. The molecule has 1 N–H and O–H groups in total. The lowest BCUT2D eigenvalue weighted by Gasteiger charge is -2.00. The van der Waals surface area contributed by atoms with Crippen LogP contribution in [0.5, 0.6) is 5.75 Å². The number of rotatable bonds is 2. The van der Waals surface area contributed by atoms with Gasteiger partial charge in [0.1, 0.15) is 5.75 Å². The molecule has 0 bridgehead atoms. The summed E-state index contributed by atoms with van der Waals surface area (Å²) in [5.41, 5.74) is 2.50. The maximum absolute atomic E-state index is 9.47. The van der Waals surface area contributed by atoms with Crippen molar-refractivity contribution in [2.75, 3.05) is 0 Å². The molecule has 0 atom stereocenters. The lowest BCUT2D eigenvalue weighted by molar-refractivity contribution is 0.432. The van der Waals surface area contributed by atoms with Crippen LogP contribution in [-0.2, 0) is 0 Å². The van der Waals surface area contributed by atoms with Gasteiger partial charge in [-0.05, 0) is 42.8 Å². The molecule has 0 spiro atoms. The molecule has 0 radical (unpaired) electrons. The van der Waals surface area contributed by atoms with Gasteiger partial charge in [-0.1, -0.05) is 28.9 Å². The second-order valence-corrected chi connectivity index (χ2v) is 4.87. The van der Waals surface area contributed by atoms with E-state index in [1.165, 1.54) is 0 Å². The van der Waals surface area contributed by atoms with Crippen molar-refractivity contribution in [1.82, 2.24) is 10.1 Å². The van der Waals surface area contributed by atoms with Crippen LogP contribution < -0.4 is 0 Å². The van der Waals surface area contributed by atoms with Gasteiger partial charge < -0.3 is 9.63 Å². The number of aromatic nitrogens is 2.